The van der Waals surface area contributed by atoms with Crippen molar-refractivity contribution in [1.82, 2.24) is 9.97 Å². The minimum Gasteiger partial charge on any atom is -0.490 e. The molecule has 1 atom stereocenters. The second-order valence-corrected chi connectivity index (χ2v) is 4.93. The maximum absolute atomic E-state index is 5.82. The van der Waals surface area contributed by atoms with Crippen molar-refractivity contribution in [2.24, 2.45) is 0 Å². The van der Waals surface area contributed by atoms with Gasteiger partial charge in [-0.05, 0) is 30.4 Å². The Bertz CT molecular complexity index is 615. The first-order chi connectivity index (χ1) is 9.79. The number of anilines is 2. The molecule has 3 rings (SSSR count). The van der Waals surface area contributed by atoms with E-state index < -0.39 is 0 Å². The number of rotatable bonds is 3. The molecular weight excluding hydrogens is 252 g/mol. The van der Waals surface area contributed by atoms with Crippen LogP contribution in [-0.4, -0.2) is 17.1 Å². The van der Waals surface area contributed by atoms with E-state index in [-0.39, 0.29) is 6.04 Å². The van der Waals surface area contributed by atoms with Crippen LogP contribution in [0, 0.1) is 0 Å². The van der Waals surface area contributed by atoms with Gasteiger partial charge in [0, 0.05) is 0 Å². The number of aryl methyl sites for hydroxylation is 1. The Morgan fingerprint density at radius 3 is 3.00 bits per heavy atom. The fraction of sp³-hybridized carbons (Fsp3) is 0.333. The van der Waals surface area contributed by atoms with Crippen LogP contribution in [0.15, 0.2) is 30.6 Å². The largest absolute Gasteiger partial charge is 0.490 e. The lowest BCUT2D eigenvalue weighted by atomic mass is 9.88. The predicted molar refractivity (Wildman–Crippen MR) is 78.7 cm³/mol. The minimum atomic E-state index is 0.239. The summed E-state index contributed by atoms with van der Waals surface area (Å²) < 4.78 is 5.29. The van der Waals surface area contributed by atoms with Gasteiger partial charge in [-0.1, -0.05) is 24.3 Å². The van der Waals surface area contributed by atoms with E-state index in [0.717, 1.165) is 19.3 Å². The molecule has 104 valence electrons. The number of ether oxygens (including phenoxy) is 1. The highest BCUT2D eigenvalue weighted by atomic mass is 16.5. The van der Waals surface area contributed by atoms with Crippen LogP contribution in [0.25, 0.3) is 0 Å². The quantitative estimate of drug-likeness (QED) is 0.896. The van der Waals surface area contributed by atoms with Crippen LogP contribution in [0.2, 0.25) is 0 Å². The van der Waals surface area contributed by atoms with E-state index in [1.165, 1.54) is 17.5 Å². The van der Waals surface area contributed by atoms with Crippen LogP contribution >= 0.6 is 0 Å². The van der Waals surface area contributed by atoms with Crippen LogP contribution in [0.3, 0.4) is 0 Å². The predicted octanol–water partition coefficient (Wildman–Crippen LogP) is 2.56. The second kappa shape index (κ2) is 5.36. The third-order valence-corrected chi connectivity index (χ3v) is 3.72. The van der Waals surface area contributed by atoms with E-state index in [2.05, 4.69) is 39.6 Å². The average molecular weight is 270 g/mol. The topological polar surface area (TPSA) is 73.1 Å². The highest BCUT2D eigenvalue weighted by Crippen LogP contribution is 2.35. The SMILES string of the molecule is COc1c(N)ncnc1NC1CCCc2ccccc21. The van der Waals surface area contributed by atoms with Crippen molar-refractivity contribution in [3.8, 4) is 5.75 Å². The number of methoxy groups -OCH3 is 1. The molecule has 1 heterocycles. The molecule has 1 aliphatic rings. The maximum atomic E-state index is 5.82. The molecule has 1 aromatic carbocycles. The van der Waals surface area contributed by atoms with Gasteiger partial charge in [0.2, 0.25) is 5.75 Å². The van der Waals surface area contributed by atoms with Gasteiger partial charge in [0.05, 0.1) is 13.2 Å². The van der Waals surface area contributed by atoms with Crippen LogP contribution in [0.5, 0.6) is 5.75 Å². The molecule has 0 saturated heterocycles. The van der Waals surface area contributed by atoms with Crippen molar-refractivity contribution in [3.63, 3.8) is 0 Å². The first-order valence-electron chi connectivity index (χ1n) is 6.78. The summed E-state index contributed by atoms with van der Waals surface area (Å²) in [4.78, 5) is 8.20. The standard InChI is InChI=1S/C15H18N4O/c1-20-13-14(16)17-9-18-15(13)19-12-8-4-6-10-5-2-3-7-11(10)12/h2-3,5,7,9,12H,4,6,8H2,1H3,(H3,16,17,18,19). The number of nitrogens with zero attached hydrogens (tertiary/aromatic N) is 2. The van der Waals surface area contributed by atoms with Gasteiger partial charge in [0.15, 0.2) is 11.6 Å². The molecule has 5 heteroatoms. The number of fused-ring (bicyclic) bond motifs is 1. The summed E-state index contributed by atoms with van der Waals surface area (Å²) in [5.74, 6) is 1.52. The lowest BCUT2D eigenvalue weighted by Crippen LogP contribution is -2.18. The molecule has 0 radical (unpaired) electrons. The molecule has 2 aromatic rings. The third-order valence-electron chi connectivity index (χ3n) is 3.72. The van der Waals surface area contributed by atoms with Crippen molar-refractivity contribution >= 4 is 11.6 Å². The van der Waals surface area contributed by atoms with E-state index in [0.29, 0.717) is 17.4 Å². The first kappa shape index (κ1) is 12.7. The molecule has 1 aromatic heterocycles. The fourth-order valence-corrected chi connectivity index (χ4v) is 2.76. The van der Waals surface area contributed by atoms with Gasteiger partial charge in [-0.25, -0.2) is 9.97 Å². The first-order valence-corrected chi connectivity index (χ1v) is 6.78. The smallest absolute Gasteiger partial charge is 0.203 e. The molecule has 0 bridgehead atoms. The molecule has 0 fully saturated rings. The van der Waals surface area contributed by atoms with Crippen molar-refractivity contribution < 1.29 is 4.74 Å². The average Bonchev–Trinajstić information content (AvgIpc) is 2.48. The molecule has 0 aliphatic heterocycles. The molecule has 3 N–H and O–H groups in total. The summed E-state index contributed by atoms with van der Waals surface area (Å²) in [6.07, 6.45) is 4.83. The van der Waals surface area contributed by atoms with Crippen molar-refractivity contribution in [3.05, 3.63) is 41.7 Å². The lowest BCUT2D eigenvalue weighted by Gasteiger charge is -2.27. The Balaban J connectivity index is 1.91. The molecule has 5 nitrogen and oxygen atoms in total. The van der Waals surface area contributed by atoms with E-state index in [1.54, 1.807) is 7.11 Å². The molecule has 0 amide bonds. The Morgan fingerprint density at radius 2 is 2.15 bits per heavy atom. The summed E-state index contributed by atoms with van der Waals surface area (Å²) in [6.45, 7) is 0. The molecule has 0 spiro atoms. The van der Waals surface area contributed by atoms with Crippen LogP contribution in [-0.2, 0) is 6.42 Å². The minimum absolute atomic E-state index is 0.239. The second-order valence-electron chi connectivity index (χ2n) is 4.93. The number of nitrogens with one attached hydrogen (secondary N) is 1. The molecule has 1 unspecified atom stereocenters. The number of nitrogen functional groups attached to an aromatic ring is 1. The van der Waals surface area contributed by atoms with Gasteiger partial charge in [0.25, 0.3) is 0 Å². The summed E-state index contributed by atoms with van der Waals surface area (Å²) in [5.41, 5.74) is 8.55. The van der Waals surface area contributed by atoms with Crippen molar-refractivity contribution in [2.45, 2.75) is 25.3 Å². The van der Waals surface area contributed by atoms with E-state index >= 15 is 0 Å². The zero-order valence-corrected chi connectivity index (χ0v) is 11.5. The summed E-state index contributed by atoms with van der Waals surface area (Å²) in [6, 6.07) is 8.76. The van der Waals surface area contributed by atoms with Gasteiger partial charge in [-0.2, -0.15) is 0 Å². The fourth-order valence-electron chi connectivity index (χ4n) is 2.76. The summed E-state index contributed by atoms with van der Waals surface area (Å²) >= 11 is 0. The number of benzene rings is 1. The zero-order valence-electron chi connectivity index (χ0n) is 11.5. The molecular formula is C15H18N4O. The Hall–Kier alpha value is -2.30. The lowest BCUT2D eigenvalue weighted by molar-refractivity contribution is 0.414. The summed E-state index contributed by atoms with van der Waals surface area (Å²) in [7, 11) is 1.58. The number of aromatic nitrogens is 2. The van der Waals surface area contributed by atoms with Gasteiger partial charge in [0.1, 0.15) is 6.33 Å². The summed E-state index contributed by atoms with van der Waals surface area (Å²) in [5, 5.41) is 3.44. The Morgan fingerprint density at radius 1 is 1.30 bits per heavy atom. The van der Waals surface area contributed by atoms with Crippen LogP contribution in [0.4, 0.5) is 11.6 Å². The van der Waals surface area contributed by atoms with Gasteiger partial charge >= 0.3 is 0 Å². The van der Waals surface area contributed by atoms with Crippen LogP contribution in [0.1, 0.15) is 30.0 Å². The molecule has 0 saturated carbocycles. The van der Waals surface area contributed by atoms with Crippen molar-refractivity contribution in [1.29, 1.82) is 0 Å². The van der Waals surface area contributed by atoms with E-state index in [4.69, 9.17) is 10.5 Å². The van der Waals surface area contributed by atoms with E-state index in [1.807, 2.05) is 0 Å². The zero-order chi connectivity index (χ0) is 13.9. The third kappa shape index (κ3) is 2.27. The van der Waals surface area contributed by atoms with Crippen LogP contribution < -0.4 is 15.8 Å². The van der Waals surface area contributed by atoms with Gasteiger partial charge in [-0.15, -0.1) is 0 Å². The number of nitrogens with two attached hydrogens (primary N) is 1. The highest BCUT2D eigenvalue weighted by Gasteiger charge is 2.21. The highest BCUT2D eigenvalue weighted by molar-refractivity contribution is 5.62. The molecule has 20 heavy (non-hydrogen) atoms. The van der Waals surface area contributed by atoms with Gasteiger partial charge < -0.3 is 15.8 Å². The molecule has 1 aliphatic carbocycles. The normalized spacial score (nSPS) is 17.4. The maximum Gasteiger partial charge on any atom is 0.203 e. The van der Waals surface area contributed by atoms with E-state index in [9.17, 15) is 0 Å². The Kier molecular flexibility index (Phi) is 3.41. The van der Waals surface area contributed by atoms with Gasteiger partial charge in [-0.3, -0.25) is 0 Å². The van der Waals surface area contributed by atoms with Crippen molar-refractivity contribution in [2.75, 3.05) is 18.2 Å². The Labute approximate surface area is 118 Å². The monoisotopic (exact) mass is 270 g/mol. The number of hydrogen-bond donors (Lipinski definition) is 2. The number of hydrogen-bond acceptors (Lipinski definition) is 5.